The van der Waals surface area contributed by atoms with E-state index in [-0.39, 0.29) is 18.0 Å². The molecular formula is C34H46F2N4O4. The van der Waals surface area contributed by atoms with Gasteiger partial charge in [0.25, 0.3) is 0 Å². The predicted octanol–water partition coefficient (Wildman–Crippen LogP) is 7.18. The number of esters is 1. The van der Waals surface area contributed by atoms with E-state index in [0.29, 0.717) is 24.6 Å². The number of imidazole rings is 1. The molecule has 0 fully saturated rings. The monoisotopic (exact) mass is 612 g/mol. The van der Waals surface area contributed by atoms with Crippen LogP contribution in [0.15, 0.2) is 54.7 Å². The molecule has 1 heterocycles. The summed E-state index contributed by atoms with van der Waals surface area (Å²) in [5.41, 5.74) is -0.502. The van der Waals surface area contributed by atoms with E-state index >= 15 is 0 Å². The average Bonchev–Trinajstić information content (AvgIpc) is 3.27. The summed E-state index contributed by atoms with van der Waals surface area (Å²) in [6, 6.07) is 11.7. The lowest BCUT2D eigenvalue weighted by Crippen LogP contribution is -2.47. The molecule has 2 atom stereocenters. The number of alkyl carbamates (subject to hydrolysis) is 1. The Bertz CT molecular complexity index is 1420. The van der Waals surface area contributed by atoms with Crippen molar-refractivity contribution >= 4 is 12.1 Å². The first-order chi connectivity index (χ1) is 20.3. The van der Waals surface area contributed by atoms with Crippen molar-refractivity contribution in [1.29, 1.82) is 0 Å². The molecule has 8 nitrogen and oxygen atoms in total. The molecule has 44 heavy (non-hydrogen) atoms. The minimum absolute atomic E-state index is 0.0669. The Kier molecular flexibility index (Phi) is 10.9. The van der Waals surface area contributed by atoms with Crippen molar-refractivity contribution in [2.24, 2.45) is 5.41 Å². The maximum absolute atomic E-state index is 14.8. The molecule has 240 valence electrons. The van der Waals surface area contributed by atoms with E-state index in [1.54, 1.807) is 47.7 Å². The highest BCUT2D eigenvalue weighted by atomic mass is 19.1. The smallest absolute Gasteiger partial charge is 0.408 e. The van der Waals surface area contributed by atoms with Crippen molar-refractivity contribution in [2.45, 2.75) is 98.6 Å². The number of aromatic nitrogens is 2. The Morgan fingerprint density at radius 3 is 2.14 bits per heavy atom. The van der Waals surface area contributed by atoms with Gasteiger partial charge in [0.1, 0.15) is 34.7 Å². The molecule has 2 N–H and O–H groups in total. The van der Waals surface area contributed by atoms with Crippen molar-refractivity contribution in [3.05, 3.63) is 77.8 Å². The van der Waals surface area contributed by atoms with Crippen LogP contribution in [0, 0.1) is 17.0 Å². The predicted molar refractivity (Wildman–Crippen MR) is 167 cm³/mol. The van der Waals surface area contributed by atoms with Gasteiger partial charge in [-0.15, -0.1) is 0 Å². The fourth-order valence-electron chi connectivity index (χ4n) is 4.62. The molecule has 10 heteroatoms. The molecule has 0 aliphatic heterocycles. The van der Waals surface area contributed by atoms with Gasteiger partial charge in [-0.1, -0.05) is 51.1 Å². The van der Waals surface area contributed by atoms with Gasteiger partial charge < -0.3 is 24.7 Å². The van der Waals surface area contributed by atoms with Crippen LogP contribution in [0.2, 0.25) is 0 Å². The van der Waals surface area contributed by atoms with E-state index in [1.165, 1.54) is 0 Å². The third-order valence-corrected chi connectivity index (χ3v) is 6.50. The van der Waals surface area contributed by atoms with Crippen molar-refractivity contribution in [2.75, 3.05) is 6.54 Å². The van der Waals surface area contributed by atoms with Crippen molar-refractivity contribution in [1.82, 2.24) is 20.2 Å². The average molecular weight is 613 g/mol. The third-order valence-electron chi connectivity index (χ3n) is 6.50. The standard InChI is InChI=1S/C34H46F2N4O4/c1-32(2,3)28(37-18-17-26(30(41)43-33(4,5)6)39-31(42)44-34(7,8)9)29-38-27(24-19-23(35)15-16-25(24)36)21-40(29)20-22-13-11-10-12-14-22/h10-16,19,21,26,28,37H,17-18,20H2,1-9H3,(H,39,42). The van der Waals surface area contributed by atoms with Crippen LogP contribution in [0.5, 0.6) is 0 Å². The first kappa shape index (κ1) is 34.7. The highest BCUT2D eigenvalue weighted by molar-refractivity contribution is 5.81. The second-order valence-corrected chi connectivity index (χ2v) is 14.0. The third kappa shape index (κ3) is 10.4. The fraction of sp³-hybridized carbons (Fsp3) is 0.500. The molecule has 0 radical (unpaired) electrons. The maximum Gasteiger partial charge on any atom is 0.408 e. The number of nitrogens with zero attached hydrogens (tertiary/aromatic N) is 2. The lowest BCUT2D eigenvalue weighted by atomic mass is 9.86. The normalized spacial score (nSPS) is 13.7. The van der Waals surface area contributed by atoms with Crippen LogP contribution in [0.25, 0.3) is 11.3 Å². The zero-order valence-corrected chi connectivity index (χ0v) is 27.3. The number of ether oxygens (including phenoxy) is 2. The highest BCUT2D eigenvalue weighted by Gasteiger charge is 2.33. The van der Waals surface area contributed by atoms with Crippen LogP contribution in [0.4, 0.5) is 13.6 Å². The van der Waals surface area contributed by atoms with Gasteiger partial charge in [0, 0.05) is 18.3 Å². The highest BCUT2D eigenvalue weighted by Crippen LogP contribution is 2.35. The molecule has 1 amide bonds. The molecule has 0 bridgehead atoms. The summed E-state index contributed by atoms with van der Waals surface area (Å²) in [7, 11) is 0. The molecule has 1 aromatic heterocycles. The van der Waals surface area contributed by atoms with Crippen LogP contribution >= 0.6 is 0 Å². The van der Waals surface area contributed by atoms with Gasteiger partial charge in [0.15, 0.2) is 0 Å². The summed E-state index contributed by atoms with van der Waals surface area (Å²) < 4.78 is 41.9. The quantitative estimate of drug-likeness (QED) is 0.236. The largest absolute Gasteiger partial charge is 0.458 e. The minimum Gasteiger partial charge on any atom is -0.458 e. The van der Waals surface area contributed by atoms with Crippen LogP contribution in [0.3, 0.4) is 0 Å². The zero-order chi connectivity index (χ0) is 32.9. The molecule has 0 spiro atoms. The summed E-state index contributed by atoms with van der Waals surface area (Å²) in [4.78, 5) is 30.5. The summed E-state index contributed by atoms with van der Waals surface area (Å²) in [6.07, 6.45) is 1.21. The molecule has 0 aliphatic carbocycles. The Balaban J connectivity index is 1.94. The number of halogens is 2. The van der Waals surface area contributed by atoms with E-state index in [2.05, 4.69) is 10.6 Å². The van der Waals surface area contributed by atoms with Gasteiger partial charge in [-0.25, -0.2) is 23.4 Å². The SMILES string of the molecule is CC(C)(C)OC(=O)NC(CCNC(c1nc(-c2cc(F)ccc2F)cn1Cc1ccccc1)C(C)(C)C)C(=O)OC(C)(C)C. The molecular weight excluding hydrogens is 566 g/mol. The summed E-state index contributed by atoms with van der Waals surface area (Å²) in [6.45, 7) is 17.4. The molecule has 0 saturated heterocycles. The van der Waals surface area contributed by atoms with E-state index in [9.17, 15) is 18.4 Å². The molecule has 3 rings (SSSR count). The zero-order valence-electron chi connectivity index (χ0n) is 27.3. The second kappa shape index (κ2) is 13.9. The van der Waals surface area contributed by atoms with Crippen molar-refractivity contribution < 1.29 is 27.8 Å². The van der Waals surface area contributed by atoms with Gasteiger partial charge in [-0.3, -0.25) is 0 Å². The van der Waals surface area contributed by atoms with E-state index in [1.807, 2.05) is 55.7 Å². The van der Waals surface area contributed by atoms with Crippen LogP contribution in [-0.4, -0.2) is 45.4 Å². The van der Waals surface area contributed by atoms with Crippen LogP contribution in [0.1, 0.15) is 86.2 Å². The van der Waals surface area contributed by atoms with E-state index < -0.39 is 46.4 Å². The van der Waals surface area contributed by atoms with Gasteiger partial charge in [-0.2, -0.15) is 0 Å². The maximum atomic E-state index is 14.8. The van der Waals surface area contributed by atoms with Crippen molar-refractivity contribution in [3.8, 4) is 11.3 Å². The van der Waals surface area contributed by atoms with Crippen LogP contribution < -0.4 is 10.6 Å². The number of carbonyl (C=O) groups excluding carboxylic acids is 2. The number of nitrogens with one attached hydrogen (secondary N) is 2. The van der Waals surface area contributed by atoms with Crippen molar-refractivity contribution in [3.63, 3.8) is 0 Å². The molecule has 2 unspecified atom stereocenters. The van der Waals surface area contributed by atoms with Gasteiger partial charge >= 0.3 is 12.1 Å². The lowest BCUT2D eigenvalue weighted by Gasteiger charge is -2.32. The number of rotatable bonds is 10. The van der Waals surface area contributed by atoms with Gasteiger partial charge in [-0.05, 0) is 83.7 Å². The minimum atomic E-state index is -0.974. The van der Waals surface area contributed by atoms with E-state index in [0.717, 1.165) is 23.8 Å². The number of carbonyl (C=O) groups is 2. The Hall–Kier alpha value is -3.79. The van der Waals surface area contributed by atoms with Gasteiger partial charge in [0.2, 0.25) is 0 Å². The second-order valence-electron chi connectivity index (χ2n) is 14.0. The number of hydrogen-bond acceptors (Lipinski definition) is 6. The van der Waals surface area contributed by atoms with Gasteiger partial charge in [0.05, 0.1) is 11.7 Å². The molecule has 2 aromatic carbocycles. The molecule has 0 saturated carbocycles. The summed E-state index contributed by atoms with van der Waals surface area (Å²) in [5.74, 6) is -1.09. The molecule has 0 aliphatic rings. The number of amides is 1. The summed E-state index contributed by atoms with van der Waals surface area (Å²) in [5, 5.41) is 6.17. The van der Waals surface area contributed by atoms with Crippen LogP contribution in [-0.2, 0) is 20.8 Å². The Labute approximate surface area is 259 Å². The lowest BCUT2D eigenvalue weighted by molar-refractivity contribution is -0.157. The Morgan fingerprint density at radius 2 is 1.55 bits per heavy atom. The fourth-order valence-corrected chi connectivity index (χ4v) is 4.62. The Morgan fingerprint density at radius 1 is 0.909 bits per heavy atom. The van der Waals surface area contributed by atoms with E-state index in [4.69, 9.17) is 14.5 Å². The topological polar surface area (TPSA) is 94.5 Å². The summed E-state index contributed by atoms with van der Waals surface area (Å²) >= 11 is 0. The first-order valence-electron chi connectivity index (χ1n) is 14.8. The number of benzene rings is 2. The first-order valence-corrected chi connectivity index (χ1v) is 14.8. The number of hydrogen-bond donors (Lipinski definition) is 2. The molecule has 3 aromatic rings.